The fourth-order valence-corrected chi connectivity index (χ4v) is 2.42. The number of fused-ring (bicyclic) bond motifs is 1. The molecular weight excluding hydrogens is 254 g/mol. The normalized spacial score (nSPS) is 10.8. The van der Waals surface area contributed by atoms with Crippen molar-refractivity contribution in [2.45, 2.75) is 13.3 Å². The quantitative estimate of drug-likeness (QED) is 0.651. The first kappa shape index (κ1) is 12.2. The molecule has 0 saturated carbocycles. The highest BCUT2D eigenvalue weighted by Gasteiger charge is 2.04. The van der Waals surface area contributed by atoms with Crippen molar-refractivity contribution in [1.29, 1.82) is 0 Å². The zero-order valence-electron chi connectivity index (χ0n) is 10.7. The Bertz CT molecular complexity index is 717. The molecule has 0 aliphatic carbocycles. The standard InChI is InChI=1S/C17H14ClN/c1-12-9-14-3-2-4-15(17(14)19-11-12)10-13-5-7-16(18)8-6-13/h2-9,11H,10H2,1H3. The van der Waals surface area contributed by atoms with Gasteiger partial charge in [0.05, 0.1) is 5.52 Å². The van der Waals surface area contributed by atoms with Crippen LogP contribution in [0.2, 0.25) is 5.02 Å². The number of para-hydroxylation sites is 1. The third-order valence-electron chi connectivity index (χ3n) is 3.24. The van der Waals surface area contributed by atoms with Crippen LogP contribution in [0.25, 0.3) is 10.9 Å². The number of halogens is 1. The molecule has 1 heterocycles. The van der Waals surface area contributed by atoms with E-state index >= 15 is 0 Å². The molecule has 94 valence electrons. The van der Waals surface area contributed by atoms with Gasteiger partial charge in [-0.3, -0.25) is 4.98 Å². The summed E-state index contributed by atoms with van der Waals surface area (Å²) in [6, 6.07) is 16.5. The SMILES string of the molecule is Cc1cnc2c(Cc3ccc(Cl)cc3)cccc2c1. The minimum absolute atomic E-state index is 0.774. The summed E-state index contributed by atoms with van der Waals surface area (Å²) in [6.07, 6.45) is 2.80. The van der Waals surface area contributed by atoms with Gasteiger partial charge in [0.15, 0.2) is 0 Å². The van der Waals surface area contributed by atoms with E-state index in [0.29, 0.717) is 0 Å². The lowest BCUT2D eigenvalue weighted by Gasteiger charge is -2.07. The van der Waals surface area contributed by atoms with Crippen molar-refractivity contribution in [2.75, 3.05) is 0 Å². The Morgan fingerprint density at radius 1 is 1.05 bits per heavy atom. The van der Waals surface area contributed by atoms with E-state index in [0.717, 1.165) is 17.0 Å². The highest BCUT2D eigenvalue weighted by atomic mass is 35.5. The molecular formula is C17H14ClN. The molecule has 0 saturated heterocycles. The van der Waals surface area contributed by atoms with E-state index in [9.17, 15) is 0 Å². The van der Waals surface area contributed by atoms with Crippen molar-refractivity contribution in [1.82, 2.24) is 4.98 Å². The van der Waals surface area contributed by atoms with E-state index in [1.54, 1.807) is 0 Å². The molecule has 0 bridgehead atoms. The first-order valence-electron chi connectivity index (χ1n) is 6.31. The molecule has 0 unspecified atom stereocenters. The molecule has 2 heteroatoms. The zero-order chi connectivity index (χ0) is 13.2. The van der Waals surface area contributed by atoms with Crippen molar-refractivity contribution >= 4 is 22.5 Å². The lowest BCUT2D eigenvalue weighted by Crippen LogP contribution is -1.92. The predicted molar refractivity (Wildman–Crippen MR) is 80.7 cm³/mol. The number of benzene rings is 2. The maximum Gasteiger partial charge on any atom is 0.0737 e. The molecule has 0 aliphatic heterocycles. The number of aromatic nitrogens is 1. The average molecular weight is 268 g/mol. The van der Waals surface area contributed by atoms with Gasteiger partial charge < -0.3 is 0 Å². The van der Waals surface area contributed by atoms with Gasteiger partial charge in [0.2, 0.25) is 0 Å². The molecule has 1 aromatic heterocycles. The van der Waals surface area contributed by atoms with E-state index in [-0.39, 0.29) is 0 Å². The molecule has 0 radical (unpaired) electrons. The Morgan fingerprint density at radius 2 is 1.84 bits per heavy atom. The molecule has 0 N–H and O–H groups in total. The number of rotatable bonds is 2. The van der Waals surface area contributed by atoms with Gasteiger partial charge in [-0.2, -0.15) is 0 Å². The van der Waals surface area contributed by atoms with Gasteiger partial charge in [0.25, 0.3) is 0 Å². The van der Waals surface area contributed by atoms with Crippen molar-refractivity contribution in [3.05, 3.63) is 76.4 Å². The smallest absolute Gasteiger partial charge is 0.0737 e. The number of nitrogens with zero attached hydrogens (tertiary/aromatic N) is 1. The van der Waals surface area contributed by atoms with Crippen LogP contribution in [-0.4, -0.2) is 4.98 Å². The number of aryl methyl sites for hydroxylation is 1. The molecule has 0 atom stereocenters. The second-order valence-electron chi connectivity index (χ2n) is 4.80. The Hall–Kier alpha value is -1.86. The summed E-state index contributed by atoms with van der Waals surface area (Å²) in [5.74, 6) is 0. The summed E-state index contributed by atoms with van der Waals surface area (Å²) in [7, 11) is 0. The van der Waals surface area contributed by atoms with Gasteiger partial charge in [0, 0.05) is 16.6 Å². The van der Waals surface area contributed by atoms with Crippen LogP contribution in [0, 0.1) is 6.92 Å². The Labute approximate surface area is 117 Å². The van der Waals surface area contributed by atoms with Gasteiger partial charge in [-0.05, 0) is 48.2 Å². The number of hydrogen-bond donors (Lipinski definition) is 0. The fourth-order valence-electron chi connectivity index (χ4n) is 2.30. The van der Waals surface area contributed by atoms with Crippen molar-refractivity contribution in [3.63, 3.8) is 0 Å². The molecule has 0 aliphatic rings. The summed E-state index contributed by atoms with van der Waals surface area (Å²) in [4.78, 5) is 4.57. The number of hydrogen-bond acceptors (Lipinski definition) is 1. The van der Waals surface area contributed by atoms with Crippen LogP contribution in [0.1, 0.15) is 16.7 Å². The van der Waals surface area contributed by atoms with Crippen LogP contribution in [0.5, 0.6) is 0 Å². The first-order valence-corrected chi connectivity index (χ1v) is 6.69. The summed E-state index contributed by atoms with van der Waals surface area (Å²) in [5.41, 5.74) is 4.78. The Morgan fingerprint density at radius 3 is 2.63 bits per heavy atom. The molecule has 0 fully saturated rings. The van der Waals surface area contributed by atoms with Crippen molar-refractivity contribution in [3.8, 4) is 0 Å². The van der Waals surface area contributed by atoms with Gasteiger partial charge in [-0.15, -0.1) is 0 Å². The van der Waals surface area contributed by atoms with Crippen LogP contribution in [-0.2, 0) is 6.42 Å². The minimum Gasteiger partial charge on any atom is -0.256 e. The predicted octanol–water partition coefficient (Wildman–Crippen LogP) is 4.79. The van der Waals surface area contributed by atoms with Crippen LogP contribution in [0.15, 0.2) is 54.7 Å². The topological polar surface area (TPSA) is 12.9 Å². The monoisotopic (exact) mass is 267 g/mol. The summed E-state index contributed by atoms with van der Waals surface area (Å²) in [6.45, 7) is 2.07. The largest absolute Gasteiger partial charge is 0.256 e. The van der Waals surface area contributed by atoms with E-state index in [1.165, 1.54) is 22.1 Å². The van der Waals surface area contributed by atoms with E-state index < -0.39 is 0 Å². The second-order valence-corrected chi connectivity index (χ2v) is 5.24. The van der Waals surface area contributed by atoms with Crippen LogP contribution in [0.4, 0.5) is 0 Å². The third-order valence-corrected chi connectivity index (χ3v) is 3.49. The Kier molecular flexibility index (Phi) is 3.22. The third kappa shape index (κ3) is 2.61. The van der Waals surface area contributed by atoms with Gasteiger partial charge in [-0.25, -0.2) is 0 Å². The van der Waals surface area contributed by atoms with E-state index in [1.807, 2.05) is 18.3 Å². The maximum atomic E-state index is 5.91. The summed E-state index contributed by atoms with van der Waals surface area (Å²) >= 11 is 5.91. The van der Waals surface area contributed by atoms with Crippen molar-refractivity contribution < 1.29 is 0 Å². The van der Waals surface area contributed by atoms with Gasteiger partial charge in [-0.1, -0.05) is 41.9 Å². The lowest BCUT2D eigenvalue weighted by atomic mass is 10.0. The van der Waals surface area contributed by atoms with Crippen LogP contribution in [0.3, 0.4) is 0 Å². The highest BCUT2D eigenvalue weighted by molar-refractivity contribution is 6.30. The van der Waals surface area contributed by atoms with Crippen molar-refractivity contribution in [2.24, 2.45) is 0 Å². The lowest BCUT2D eigenvalue weighted by molar-refractivity contribution is 1.19. The molecule has 3 rings (SSSR count). The van der Waals surface area contributed by atoms with E-state index in [4.69, 9.17) is 11.6 Å². The maximum absolute atomic E-state index is 5.91. The molecule has 0 amide bonds. The molecule has 2 aromatic carbocycles. The van der Waals surface area contributed by atoms with Gasteiger partial charge >= 0.3 is 0 Å². The van der Waals surface area contributed by atoms with Crippen LogP contribution < -0.4 is 0 Å². The Balaban J connectivity index is 2.03. The fraction of sp³-hybridized carbons (Fsp3) is 0.118. The summed E-state index contributed by atoms with van der Waals surface area (Å²) in [5, 5.41) is 1.97. The van der Waals surface area contributed by atoms with Gasteiger partial charge in [0.1, 0.15) is 0 Å². The molecule has 0 spiro atoms. The zero-order valence-corrected chi connectivity index (χ0v) is 11.5. The second kappa shape index (κ2) is 5.02. The van der Waals surface area contributed by atoms with E-state index in [2.05, 4.69) is 48.3 Å². The molecule has 3 aromatic rings. The summed E-state index contributed by atoms with van der Waals surface area (Å²) < 4.78 is 0. The minimum atomic E-state index is 0.774. The molecule has 19 heavy (non-hydrogen) atoms. The van der Waals surface area contributed by atoms with Crippen LogP contribution >= 0.6 is 11.6 Å². The highest BCUT2D eigenvalue weighted by Crippen LogP contribution is 2.21. The first-order chi connectivity index (χ1) is 9.22. The molecule has 1 nitrogen and oxygen atoms in total. The average Bonchev–Trinajstić information content (AvgIpc) is 2.41. The number of pyridine rings is 1.